The first-order valence-corrected chi connectivity index (χ1v) is 7.59. The molecule has 0 radical (unpaired) electrons. The maximum absolute atomic E-state index is 12.5. The van der Waals surface area contributed by atoms with Gasteiger partial charge in [0, 0.05) is 30.1 Å². The molecule has 0 aliphatic rings. The maximum Gasteiger partial charge on any atom is 0.272 e. The first-order valence-electron chi connectivity index (χ1n) is 7.59. The number of anilines is 1. The van der Waals surface area contributed by atoms with Crippen molar-refractivity contribution in [1.29, 1.82) is 0 Å². The molecule has 0 bridgehead atoms. The highest BCUT2D eigenvalue weighted by Crippen LogP contribution is 2.36. The fourth-order valence-electron chi connectivity index (χ4n) is 2.90. The van der Waals surface area contributed by atoms with Crippen LogP contribution in [0.4, 0.5) is 5.69 Å². The van der Waals surface area contributed by atoms with Crippen LogP contribution in [0, 0.1) is 0 Å². The minimum absolute atomic E-state index is 0.198. The number of para-hydroxylation sites is 1. The van der Waals surface area contributed by atoms with Crippen LogP contribution in [0.1, 0.15) is 10.5 Å². The Balaban J connectivity index is 1.81. The van der Waals surface area contributed by atoms with Gasteiger partial charge >= 0.3 is 0 Å². The number of rotatable bonds is 3. The fourth-order valence-corrected chi connectivity index (χ4v) is 2.90. The summed E-state index contributed by atoms with van der Waals surface area (Å²) in [5.74, 6) is 0.396. The number of methoxy groups -OCH3 is 1. The molecular weight excluding hydrogens is 304 g/mol. The van der Waals surface area contributed by atoms with Crippen molar-refractivity contribution in [2.75, 3.05) is 12.4 Å². The van der Waals surface area contributed by atoms with Gasteiger partial charge in [-0.15, -0.1) is 0 Å². The Hall–Kier alpha value is -3.21. The standard InChI is InChI=1S/C19H16N2O3/c1-21-9-5-7-15(21)19(22)20-14-11-17-13(10-18(14)23-2)12-6-3-4-8-16(12)24-17/h3-11H,1-2H3,(H,20,22). The third kappa shape index (κ3) is 2.22. The Morgan fingerprint density at radius 3 is 2.67 bits per heavy atom. The number of nitrogens with zero attached hydrogens (tertiary/aromatic N) is 1. The van der Waals surface area contributed by atoms with Crippen molar-refractivity contribution < 1.29 is 13.9 Å². The highest BCUT2D eigenvalue weighted by molar-refractivity contribution is 6.09. The first-order chi connectivity index (χ1) is 11.7. The van der Waals surface area contributed by atoms with Crippen LogP contribution in [-0.4, -0.2) is 17.6 Å². The van der Waals surface area contributed by atoms with Gasteiger partial charge < -0.3 is 19.0 Å². The van der Waals surface area contributed by atoms with Gasteiger partial charge in [-0.1, -0.05) is 18.2 Å². The second-order valence-electron chi connectivity index (χ2n) is 5.61. The molecule has 2 aromatic carbocycles. The summed E-state index contributed by atoms with van der Waals surface area (Å²) in [6.45, 7) is 0. The number of amides is 1. The molecule has 0 aliphatic carbocycles. The normalized spacial score (nSPS) is 11.1. The van der Waals surface area contributed by atoms with Crippen molar-refractivity contribution in [3.63, 3.8) is 0 Å². The van der Waals surface area contributed by atoms with Crippen molar-refractivity contribution >= 4 is 33.5 Å². The molecule has 2 aromatic heterocycles. The number of nitrogens with one attached hydrogen (secondary N) is 1. The summed E-state index contributed by atoms with van der Waals surface area (Å²) in [6, 6.07) is 15.1. The third-order valence-corrected chi connectivity index (χ3v) is 4.12. The smallest absolute Gasteiger partial charge is 0.272 e. The average molecular weight is 320 g/mol. The van der Waals surface area contributed by atoms with Crippen LogP contribution in [-0.2, 0) is 7.05 Å². The number of carbonyl (C=O) groups is 1. The Morgan fingerprint density at radius 1 is 1.08 bits per heavy atom. The van der Waals surface area contributed by atoms with E-state index in [9.17, 15) is 4.79 Å². The molecule has 1 amide bonds. The summed E-state index contributed by atoms with van der Waals surface area (Å²) in [6.07, 6.45) is 1.83. The van der Waals surface area contributed by atoms with E-state index in [1.807, 2.05) is 49.6 Å². The molecule has 0 spiro atoms. The zero-order valence-corrected chi connectivity index (χ0v) is 13.4. The van der Waals surface area contributed by atoms with E-state index in [-0.39, 0.29) is 5.91 Å². The Bertz CT molecular complexity index is 1060. The van der Waals surface area contributed by atoms with E-state index in [1.54, 1.807) is 23.8 Å². The quantitative estimate of drug-likeness (QED) is 0.616. The number of aryl methyl sites for hydroxylation is 1. The molecule has 0 atom stereocenters. The summed E-state index contributed by atoms with van der Waals surface area (Å²) in [4.78, 5) is 12.5. The van der Waals surface area contributed by atoms with Crippen molar-refractivity contribution in [2.24, 2.45) is 7.05 Å². The summed E-state index contributed by atoms with van der Waals surface area (Å²) >= 11 is 0. The van der Waals surface area contributed by atoms with Gasteiger partial charge in [-0.05, 0) is 24.3 Å². The highest BCUT2D eigenvalue weighted by Gasteiger charge is 2.15. The molecule has 0 aliphatic heterocycles. The minimum atomic E-state index is -0.198. The molecular formula is C19H16N2O3. The van der Waals surface area contributed by atoms with Gasteiger partial charge in [0.15, 0.2) is 0 Å². The molecule has 4 rings (SSSR count). The van der Waals surface area contributed by atoms with E-state index < -0.39 is 0 Å². The zero-order chi connectivity index (χ0) is 16.7. The number of ether oxygens (including phenoxy) is 1. The van der Waals surface area contributed by atoms with Crippen LogP contribution in [0.15, 0.2) is 59.1 Å². The van der Waals surface area contributed by atoms with Gasteiger partial charge in [-0.25, -0.2) is 0 Å². The average Bonchev–Trinajstić information content (AvgIpc) is 3.17. The molecule has 4 aromatic rings. The lowest BCUT2D eigenvalue weighted by atomic mass is 10.1. The predicted molar refractivity (Wildman–Crippen MR) is 93.6 cm³/mol. The topological polar surface area (TPSA) is 56.4 Å². The number of hydrogen-bond donors (Lipinski definition) is 1. The molecule has 24 heavy (non-hydrogen) atoms. The lowest BCUT2D eigenvalue weighted by Gasteiger charge is -2.10. The Kier molecular flexibility index (Phi) is 3.27. The van der Waals surface area contributed by atoms with Crippen LogP contribution in [0.5, 0.6) is 5.75 Å². The monoisotopic (exact) mass is 320 g/mol. The molecule has 5 heteroatoms. The van der Waals surface area contributed by atoms with Gasteiger partial charge in [-0.3, -0.25) is 4.79 Å². The third-order valence-electron chi connectivity index (χ3n) is 4.12. The fraction of sp³-hybridized carbons (Fsp3) is 0.105. The molecule has 2 heterocycles. The van der Waals surface area contributed by atoms with Gasteiger partial charge in [0.25, 0.3) is 5.91 Å². The van der Waals surface area contributed by atoms with Gasteiger partial charge in [0.2, 0.25) is 0 Å². The molecule has 0 saturated carbocycles. The van der Waals surface area contributed by atoms with Crippen molar-refractivity contribution in [3.8, 4) is 5.75 Å². The Morgan fingerprint density at radius 2 is 1.92 bits per heavy atom. The second kappa shape index (κ2) is 5.45. The summed E-state index contributed by atoms with van der Waals surface area (Å²) < 4.78 is 13.1. The maximum atomic E-state index is 12.5. The largest absolute Gasteiger partial charge is 0.495 e. The number of aromatic nitrogens is 1. The van der Waals surface area contributed by atoms with Crippen LogP contribution in [0.25, 0.3) is 21.9 Å². The van der Waals surface area contributed by atoms with E-state index in [0.717, 1.165) is 16.4 Å². The van der Waals surface area contributed by atoms with Gasteiger partial charge in [0.1, 0.15) is 22.6 Å². The van der Waals surface area contributed by atoms with Crippen LogP contribution in [0.2, 0.25) is 0 Å². The molecule has 0 unspecified atom stereocenters. The Labute approximate surface area is 138 Å². The van der Waals surface area contributed by atoms with Crippen LogP contribution < -0.4 is 10.1 Å². The van der Waals surface area contributed by atoms with E-state index in [4.69, 9.17) is 9.15 Å². The minimum Gasteiger partial charge on any atom is -0.495 e. The predicted octanol–water partition coefficient (Wildman–Crippen LogP) is 4.19. The number of furan rings is 1. The molecule has 0 fully saturated rings. The van der Waals surface area contributed by atoms with E-state index in [2.05, 4.69) is 5.32 Å². The molecule has 1 N–H and O–H groups in total. The van der Waals surface area contributed by atoms with Gasteiger partial charge in [-0.2, -0.15) is 0 Å². The molecule has 5 nitrogen and oxygen atoms in total. The highest BCUT2D eigenvalue weighted by atomic mass is 16.5. The van der Waals surface area contributed by atoms with Crippen molar-refractivity contribution in [1.82, 2.24) is 4.57 Å². The first kappa shape index (κ1) is 14.4. The summed E-state index contributed by atoms with van der Waals surface area (Å²) in [5, 5.41) is 4.87. The van der Waals surface area contributed by atoms with E-state index in [1.165, 1.54) is 0 Å². The number of hydrogen-bond acceptors (Lipinski definition) is 3. The van der Waals surface area contributed by atoms with Crippen molar-refractivity contribution in [2.45, 2.75) is 0 Å². The number of carbonyl (C=O) groups excluding carboxylic acids is 1. The van der Waals surface area contributed by atoms with E-state index in [0.29, 0.717) is 22.7 Å². The lowest BCUT2D eigenvalue weighted by Crippen LogP contribution is -2.15. The van der Waals surface area contributed by atoms with Crippen LogP contribution in [0.3, 0.4) is 0 Å². The van der Waals surface area contributed by atoms with Crippen LogP contribution >= 0.6 is 0 Å². The zero-order valence-electron chi connectivity index (χ0n) is 13.4. The number of fused-ring (bicyclic) bond motifs is 3. The second-order valence-corrected chi connectivity index (χ2v) is 5.61. The van der Waals surface area contributed by atoms with Crippen molar-refractivity contribution in [3.05, 3.63) is 60.4 Å². The summed E-state index contributed by atoms with van der Waals surface area (Å²) in [5.41, 5.74) is 2.66. The van der Waals surface area contributed by atoms with Gasteiger partial charge in [0.05, 0.1) is 12.8 Å². The lowest BCUT2D eigenvalue weighted by molar-refractivity contribution is 0.101. The molecule has 0 saturated heterocycles. The SMILES string of the molecule is COc1cc2c(cc1NC(=O)c1cccn1C)oc1ccccc12. The molecule has 120 valence electrons. The van der Waals surface area contributed by atoms with E-state index >= 15 is 0 Å². The number of benzene rings is 2. The summed E-state index contributed by atoms with van der Waals surface area (Å²) in [7, 11) is 3.41.